The summed E-state index contributed by atoms with van der Waals surface area (Å²) in [5.41, 5.74) is 14.5. The Labute approximate surface area is 325 Å². The Morgan fingerprint density at radius 1 is 0.357 bits per heavy atom. The molecule has 0 amide bonds. The van der Waals surface area contributed by atoms with Gasteiger partial charge in [0.2, 0.25) is 0 Å². The molecule has 11 aromatic rings. The second-order valence-electron chi connectivity index (χ2n) is 15.9. The number of benzene rings is 10. The van der Waals surface area contributed by atoms with E-state index in [0.29, 0.717) is 0 Å². The highest BCUT2D eigenvalue weighted by Gasteiger charge is 2.38. The SMILES string of the molecule is CC1(C)c2ccc(-c3c4ccccc4c(-c4ccc(-c5ccccc5)c5ccccc45)c4ccccc34)cc2-c2ccc3oc4ccc5ccccc5c4c3c21. The molecule has 0 unspecified atom stereocenters. The zero-order chi connectivity index (χ0) is 37.1. The fraction of sp³-hybridized carbons (Fsp3) is 0.0545. The predicted molar refractivity (Wildman–Crippen MR) is 238 cm³/mol. The maximum atomic E-state index is 6.57. The van der Waals surface area contributed by atoms with Crippen LogP contribution in [-0.4, -0.2) is 0 Å². The minimum Gasteiger partial charge on any atom is -0.456 e. The second-order valence-corrected chi connectivity index (χ2v) is 15.9. The summed E-state index contributed by atoms with van der Waals surface area (Å²) in [4.78, 5) is 0. The van der Waals surface area contributed by atoms with Gasteiger partial charge in [-0.25, -0.2) is 0 Å². The highest BCUT2D eigenvalue weighted by atomic mass is 16.3. The van der Waals surface area contributed by atoms with Crippen LogP contribution in [0.4, 0.5) is 0 Å². The monoisotopic (exact) mass is 712 g/mol. The molecular weight excluding hydrogens is 677 g/mol. The van der Waals surface area contributed by atoms with Gasteiger partial charge in [0.25, 0.3) is 0 Å². The quantitative estimate of drug-likeness (QED) is 0.166. The van der Waals surface area contributed by atoms with Crippen LogP contribution in [0.1, 0.15) is 25.0 Å². The standard InChI is InChI=1S/C55H36O/c1-55(2)47-29-24-35(32-46(47)45-28-31-49-53(54(45)55)52-37-17-7-6-16-34(37)25-30-48(52)56-49)50-40-20-10-12-22-42(40)51(43-23-13-11-21-41(43)50)44-27-26-36(33-14-4-3-5-15-33)38-18-8-9-19-39(38)44/h3-32H,1-2H3. The van der Waals surface area contributed by atoms with E-state index < -0.39 is 0 Å². The Balaban J connectivity index is 1.12. The minimum absolute atomic E-state index is 0.211. The van der Waals surface area contributed by atoms with Crippen molar-refractivity contribution in [2.45, 2.75) is 19.3 Å². The molecular formula is C55H36O. The van der Waals surface area contributed by atoms with Crippen molar-refractivity contribution in [3.05, 3.63) is 193 Å². The number of fused-ring (bicyclic) bond motifs is 12. The van der Waals surface area contributed by atoms with Crippen molar-refractivity contribution in [1.29, 1.82) is 0 Å². The molecule has 1 heteroatoms. The van der Waals surface area contributed by atoms with Crippen LogP contribution in [0.5, 0.6) is 0 Å². The number of furan rings is 1. The van der Waals surface area contributed by atoms with E-state index in [2.05, 4.69) is 196 Å². The molecule has 1 aliphatic rings. The smallest absolute Gasteiger partial charge is 0.136 e. The molecule has 1 aliphatic carbocycles. The lowest BCUT2D eigenvalue weighted by molar-refractivity contribution is 0.657. The largest absolute Gasteiger partial charge is 0.456 e. The summed E-state index contributed by atoms with van der Waals surface area (Å²) in [6, 6.07) is 67.0. The van der Waals surface area contributed by atoms with Gasteiger partial charge in [-0.05, 0) is 117 Å². The summed E-state index contributed by atoms with van der Waals surface area (Å²) >= 11 is 0. The molecule has 1 nitrogen and oxygen atoms in total. The fourth-order valence-electron chi connectivity index (χ4n) is 10.2. The second kappa shape index (κ2) is 11.5. The summed E-state index contributed by atoms with van der Waals surface area (Å²) in [6.07, 6.45) is 0. The van der Waals surface area contributed by atoms with E-state index in [0.717, 1.165) is 11.2 Å². The molecule has 10 aromatic carbocycles. The number of hydrogen-bond acceptors (Lipinski definition) is 1. The third-order valence-corrected chi connectivity index (χ3v) is 12.6. The van der Waals surface area contributed by atoms with Crippen molar-refractivity contribution in [1.82, 2.24) is 0 Å². The molecule has 1 heterocycles. The lowest BCUT2D eigenvalue weighted by Gasteiger charge is -2.23. The Morgan fingerprint density at radius 2 is 0.893 bits per heavy atom. The molecule has 0 fully saturated rings. The van der Waals surface area contributed by atoms with Gasteiger partial charge in [-0.15, -0.1) is 0 Å². The van der Waals surface area contributed by atoms with Crippen LogP contribution in [0.25, 0.3) is 110 Å². The lowest BCUT2D eigenvalue weighted by atomic mass is 9.79. The Kier molecular flexibility index (Phi) is 6.46. The van der Waals surface area contributed by atoms with Crippen molar-refractivity contribution in [3.63, 3.8) is 0 Å². The molecule has 0 spiro atoms. The molecule has 0 bridgehead atoms. The van der Waals surface area contributed by atoms with E-state index in [9.17, 15) is 0 Å². The summed E-state index contributed by atoms with van der Waals surface area (Å²) < 4.78 is 6.57. The Hall–Kier alpha value is -6.96. The zero-order valence-corrected chi connectivity index (χ0v) is 31.2. The van der Waals surface area contributed by atoms with Crippen LogP contribution in [0, 0.1) is 0 Å². The molecule has 262 valence electrons. The summed E-state index contributed by atoms with van der Waals surface area (Å²) in [5.74, 6) is 0. The summed E-state index contributed by atoms with van der Waals surface area (Å²) in [5, 5.41) is 12.5. The third kappa shape index (κ3) is 4.26. The van der Waals surface area contributed by atoms with Crippen LogP contribution in [0.2, 0.25) is 0 Å². The van der Waals surface area contributed by atoms with Gasteiger partial charge in [-0.3, -0.25) is 0 Å². The zero-order valence-electron chi connectivity index (χ0n) is 31.2. The first-order valence-electron chi connectivity index (χ1n) is 19.6. The Morgan fingerprint density at radius 3 is 1.61 bits per heavy atom. The molecule has 0 N–H and O–H groups in total. The van der Waals surface area contributed by atoms with Gasteiger partial charge < -0.3 is 4.42 Å². The molecule has 0 saturated heterocycles. The average Bonchev–Trinajstić information content (AvgIpc) is 3.74. The van der Waals surface area contributed by atoms with E-state index in [1.54, 1.807) is 0 Å². The van der Waals surface area contributed by atoms with Gasteiger partial charge >= 0.3 is 0 Å². The molecule has 56 heavy (non-hydrogen) atoms. The van der Waals surface area contributed by atoms with Gasteiger partial charge in [0.15, 0.2) is 0 Å². The van der Waals surface area contributed by atoms with Crippen LogP contribution in [-0.2, 0) is 5.41 Å². The van der Waals surface area contributed by atoms with Crippen LogP contribution >= 0.6 is 0 Å². The average molecular weight is 713 g/mol. The van der Waals surface area contributed by atoms with E-state index in [1.165, 1.54) is 109 Å². The summed E-state index contributed by atoms with van der Waals surface area (Å²) in [6.45, 7) is 4.77. The van der Waals surface area contributed by atoms with Crippen molar-refractivity contribution in [2.75, 3.05) is 0 Å². The molecule has 0 saturated carbocycles. The highest BCUT2D eigenvalue weighted by Crippen LogP contribution is 2.55. The normalized spacial score (nSPS) is 13.3. The fourth-order valence-corrected chi connectivity index (χ4v) is 10.2. The number of hydrogen-bond donors (Lipinski definition) is 0. The van der Waals surface area contributed by atoms with E-state index in [4.69, 9.17) is 4.42 Å². The van der Waals surface area contributed by atoms with Gasteiger partial charge in [0.1, 0.15) is 11.2 Å². The van der Waals surface area contributed by atoms with Crippen LogP contribution < -0.4 is 0 Å². The Bertz CT molecular complexity index is 3380. The maximum Gasteiger partial charge on any atom is 0.136 e. The third-order valence-electron chi connectivity index (χ3n) is 12.6. The molecule has 12 rings (SSSR count). The number of rotatable bonds is 3. The topological polar surface area (TPSA) is 13.1 Å². The highest BCUT2D eigenvalue weighted by molar-refractivity contribution is 6.25. The summed E-state index contributed by atoms with van der Waals surface area (Å²) in [7, 11) is 0. The first kappa shape index (κ1) is 31.4. The van der Waals surface area contributed by atoms with Crippen molar-refractivity contribution in [3.8, 4) is 44.5 Å². The van der Waals surface area contributed by atoms with Gasteiger partial charge in [-0.1, -0.05) is 178 Å². The van der Waals surface area contributed by atoms with Crippen molar-refractivity contribution >= 4 is 65.0 Å². The van der Waals surface area contributed by atoms with E-state index >= 15 is 0 Å². The van der Waals surface area contributed by atoms with Gasteiger partial charge in [-0.2, -0.15) is 0 Å². The first-order chi connectivity index (χ1) is 27.6. The van der Waals surface area contributed by atoms with Gasteiger partial charge in [0, 0.05) is 16.2 Å². The van der Waals surface area contributed by atoms with Crippen LogP contribution in [0.3, 0.4) is 0 Å². The first-order valence-corrected chi connectivity index (χ1v) is 19.6. The van der Waals surface area contributed by atoms with Crippen molar-refractivity contribution in [2.24, 2.45) is 0 Å². The molecule has 0 atom stereocenters. The van der Waals surface area contributed by atoms with E-state index in [1.807, 2.05) is 0 Å². The molecule has 0 radical (unpaired) electrons. The van der Waals surface area contributed by atoms with E-state index in [-0.39, 0.29) is 5.41 Å². The lowest BCUT2D eigenvalue weighted by Crippen LogP contribution is -2.15. The van der Waals surface area contributed by atoms with Gasteiger partial charge in [0.05, 0.1) is 0 Å². The molecule has 1 aromatic heterocycles. The van der Waals surface area contributed by atoms with Crippen molar-refractivity contribution < 1.29 is 4.42 Å². The minimum atomic E-state index is -0.211. The maximum absolute atomic E-state index is 6.57. The molecule has 0 aliphatic heterocycles. The van der Waals surface area contributed by atoms with Crippen LogP contribution in [0.15, 0.2) is 186 Å². The predicted octanol–water partition coefficient (Wildman–Crippen LogP) is 15.5.